The quantitative estimate of drug-likeness (QED) is 0.800. The van der Waals surface area contributed by atoms with Crippen molar-refractivity contribution in [1.29, 1.82) is 5.26 Å². The van der Waals surface area contributed by atoms with Crippen molar-refractivity contribution in [3.05, 3.63) is 24.3 Å². The summed E-state index contributed by atoms with van der Waals surface area (Å²) in [4.78, 5) is 11.6. The monoisotopic (exact) mass is 247 g/mol. The van der Waals surface area contributed by atoms with Crippen LogP contribution in [0, 0.1) is 11.3 Å². The molecule has 0 aliphatic heterocycles. The smallest absolute Gasteiger partial charge is 0.225 e. The number of nitrogens with zero attached hydrogens (tertiary/aromatic N) is 1. The molecule has 0 fully saturated rings. The first kappa shape index (κ1) is 14.0. The molecular weight excluding hydrogens is 230 g/mol. The third-order valence-electron chi connectivity index (χ3n) is 2.41. The number of carbonyl (C=O) groups is 1. The maximum Gasteiger partial charge on any atom is 0.225 e. The Hall–Kier alpha value is -2.06. The summed E-state index contributed by atoms with van der Waals surface area (Å²) in [7, 11) is 0. The van der Waals surface area contributed by atoms with E-state index in [9.17, 15) is 4.79 Å². The van der Waals surface area contributed by atoms with Crippen molar-refractivity contribution >= 4 is 11.6 Å². The van der Waals surface area contributed by atoms with Gasteiger partial charge in [-0.25, -0.2) is 0 Å². The van der Waals surface area contributed by atoms with Gasteiger partial charge in [-0.2, -0.15) is 5.26 Å². The lowest BCUT2D eigenvalue weighted by molar-refractivity contribution is -0.116. The van der Waals surface area contributed by atoms with E-state index < -0.39 is 0 Å². The van der Waals surface area contributed by atoms with Crippen LogP contribution >= 0.6 is 0 Å². The number of anilines is 1. The summed E-state index contributed by atoms with van der Waals surface area (Å²) in [5.74, 6) is 0.495. The van der Waals surface area contributed by atoms with Gasteiger partial charge in [-0.15, -0.1) is 0 Å². The molecule has 0 aromatic heterocycles. The molecule has 0 saturated heterocycles. The van der Waals surface area contributed by atoms with E-state index in [1.807, 2.05) is 13.0 Å². The van der Waals surface area contributed by atoms with E-state index in [0.717, 1.165) is 6.42 Å². The number of nitrogens with one attached hydrogen (secondary N) is 1. The molecule has 0 aliphatic rings. The molecule has 0 spiro atoms. The number of hydrogen-bond acceptors (Lipinski definition) is 4. The van der Waals surface area contributed by atoms with Crippen molar-refractivity contribution in [2.24, 2.45) is 5.73 Å². The Balaban J connectivity index is 2.48. The summed E-state index contributed by atoms with van der Waals surface area (Å²) in [6.45, 7) is 1.95. The predicted octanol–water partition coefficient (Wildman–Crippen LogP) is 1.65. The summed E-state index contributed by atoms with van der Waals surface area (Å²) in [6, 6.07) is 8.63. The Morgan fingerprint density at radius 2 is 2.17 bits per heavy atom. The van der Waals surface area contributed by atoms with Gasteiger partial charge in [0.05, 0.1) is 0 Å². The zero-order valence-electron chi connectivity index (χ0n) is 10.3. The van der Waals surface area contributed by atoms with Crippen molar-refractivity contribution < 1.29 is 9.53 Å². The zero-order valence-corrected chi connectivity index (χ0v) is 10.3. The SMILES string of the molecule is CCC(N)CC(=O)Nc1ccc(OCC#N)cc1. The molecule has 1 rings (SSSR count). The average molecular weight is 247 g/mol. The minimum atomic E-state index is -0.108. The Labute approximate surface area is 107 Å². The fourth-order valence-corrected chi connectivity index (χ4v) is 1.34. The van der Waals surface area contributed by atoms with Crippen molar-refractivity contribution in [3.63, 3.8) is 0 Å². The van der Waals surface area contributed by atoms with Crippen LogP contribution in [0.4, 0.5) is 5.69 Å². The first-order valence-electron chi connectivity index (χ1n) is 5.81. The zero-order chi connectivity index (χ0) is 13.4. The summed E-state index contributed by atoms with van der Waals surface area (Å²) in [5, 5.41) is 11.1. The van der Waals surface area contributed by atoms with Crippen LogP contribution < -0.4 is 15.8 Å². The third-order valence-corrected chi connectivity index (χ3v) is 2.41. The van der Waals surface area contributed by atoms with Gasteiger partial charge in [0, 0.05) is 18.2 Å². The Kier molecular flexibility index (Phi) is 5.68. The number of amides is 1. The lowest BCUT2D eigenvalue weighted by Gasteiger charge is -2.09. The van der Waals surface area contributed by atoms with Gasteiger partial charge in [0.1, 0.15) is 11.8 Å². The number of nitriles is 1. The molecule has 1 atom stereocenters. The molecule has 3 N–H and O–H groups in total. The number of ether oxygens (including phenoxy) is 1. The number of nitrogens with two attached hydrogens (primary N) is 1. The van der Waals surface area contributed by atoms with Gasteiger partial charge in [0.25, 0.3) is 0 Å². The maximum atomic E-state index is 11.6. The van der Waals surface area contributed by atoms with Crippen LogP contribution in [0.3, 0.4) is 0 Å². The van der Waals surface area contributed by atoms with Gasteiger partial charge in [0.2, 0.25) is 5.91 Å². The fourth-order valence-electron chi connectivity index (χ4n) is 1.34. The molecule has 0 heterocycles. The van der Waals surface area contributed by atoms with Crippen molar-refractivity contribution in [2.45, 2.75) is 25.8 Å². The highest BCUT2D eigenvalue weighted by molar-refractivity contribution is 5.91. The predicted molar refractivity (Wildman–Crippen MR) is 69.1 cm³/mol. The standard InChI is InChI=1S/C13H17N3O2/c1-2-10(15)9-13(17)16-11-3-5-12(6-4-11)18-8-7-14/h3-6,10H,2,8-9,15H2,1H3,(H,16,17). The highest BCUT2D eigenvalue weighted by atomic mass is 16.5. The van der Waals surface area contributed by atoms with Crippen LogP contribution in [0.2, 0.25) is 0 Å². The van der Waals surface area contributed by atoms with Gasteiger partial charge in [0.15, 0.2) is 6.61 Å². The molecule has 1 amide bonds. The van der Waals surface area contributed by atoms with E-state index in [0.29, 0.717) is 17.9 Å². The van der Waals surface area contributed by atoms with E-state index in [1.54, 1.807) is 24.3 Å². The topological polar surface area (TPSA) is 88.1 Å². The number of benzene rings is 1. The lowest BCUT2D eigenvalue weighted by Crippen LogP contribution is -2.26. The molecule has 1 aromatic rings. The van der Waals surface area contributed by atoms with Crippen LogP contribution in [0.15, 0.2) is 24.3 Å². The van der Waals surface area contributed by atoms with E-state index in [-0.39, 0.29) is 18.6 Å². The van der Waals surface area contributed by atoms with Crippen LogP contribution in [0.1, 0.15) is 19.8 Å². The molecule has 18 heavy (non-hydrogen) atoms. The molecule has 96 valence electrons. The Morgan fingerprint density at radius 1 is 1.50 bits per heavy atom. The molecule has 5 nitrogen and oxygen atoms in total. The molecule has 0 bridgehead atoms. The summed E-state index contributed by atoms with van der Waals surface area (Å²) in [6.07, 6.45) is 1.08. The second-order valence-electron chi connectivity index (χ2n) is 3.89. The van der Waals surface area contributed by atoms with Crippen LogP contribution in [0.25, 0.3) is 0 Å². The minimum absolute atomic E-state index is 0.0110. The maximum absolute atomic E-state index is 11.6. The number of rotatable bonds is 6. The highest BCUT2D eigenvalue weighted by Crippen LogP contribution is 2.15. The molecule has 1 unspecified atom stereocenters. The van der Waals surface area contributed by atoms with Crippen molar-refractivity contribution in [1.82, 2.24) is 0 Å². The third kappa shape index (κ3) is 4.85. The van der Waals surface area contributed by atoms with Crippen molar-refractivity contribution in [3.8, 4) is 11.8 Å². The van der Waals surface area contributed by atoms with E-state index in [2.05, 4.69) is 5.32 Å². The number of carbonyl (C=O) groups excluding carboxylic acids is 1. The summed E-state index contributed by atoms with van der Waals surface area (Å²) < 4.78 is 5.10. The molecule has 1 aromatic carbocycles. The molecule has 0 aliphatic carbocycles. The molecular formula is C13H17N3O2. The highest BCUT2D eigenvalue weighted by Gasteiger charge is 2.07. The average Bonchev–Trinajstić information content (AvgIpc) is 2.37. The van der Waals surface area contributed by atoms with E-state index >= 15 is 0 Å². The molecule has 0 saturated carbocycles. The largest absolute Gasteiger partial charge is 0.479 e. The van der Waals surface area contributed by atoms with E-state index in [1.165, 1.54) is 0 Å². The van der Waals surface area contributed by atoms with Gasteiger partial charge >= 0.3 is 0 Å². The van der Waals surface area contributed by atoms with Gasteiger partial charge in [-0.1, -0.05) is 6.92 Å². The van der Waals surface area contributed by atoms with Crippen LogP contribution in [-0.2, 0) is 4.79 Å². The first-order valence-corrected chi connectivity index (χ1v) is 5.81. The van der Waals surface area contributed by atoms with E-state index in [4.69, 9.17) is 15.7 Å². The normalized spacial score (nSPS) is 11.4. The molecule has 5 heteroatoms. The van der Waals surface area contributed by atoms with Crippen LogP contribution in [0.5, 0.6) is 5.75 Å². The minimum Gasteiger partial charge on any atom is -0.479 e. The van der Waals surface area contributed by atoms with Crippen molar-refractivity contribution in [2.75, 3.05) is 11.9 Å². The summed E-state index contributed by atoms with van der Waals surface area (Å²) >= 11 is 0. The van der Waals surface area contributed by atoms with Gasteiger partial charge in [-0.05, 0) is 30.7 Å². The summed E-state index contributed by atoms with van der Waals surface area (Å²) in [5.41, 5.74) is 6.38. The lowest BCUT2D eigenvalue weighted by atomic mass is 10.1. The molecule has 0 radical (unpaired) electrons. The second-order valence-corrected chi connectivity index (χ2v) is 3.89. The van der Waals surface area contributed by atoms with Gasteiger partial charge in [-0.3, -0.25) is 4.79 Å². The van der Waals surface area contributed by atoms with Crippen LogP contribution in [-0.4, -0.2) is 18.6 Å². The second kappa shape index (κ2) is 7.30. The first-order chi connectivity index (χ1) is 8.65. The fraction of sp³-hybridized carbons (Fsp3) is 0.385. The number of hydrogen-bond donors (Lipinski definition) is 2. The van der Waals surface area contributed by atoms with Gasteiger partial charge < -0.3 is 15.8 Å². The Bertz CT molecular complexity index is 423. The Morgan fingerprint density at radius 3 is 2.72 bits per heavy atom.